The molecule has 2 aromatic rings. The molecule has 1 aromatic carbocycles. The van der Waals surface area contributed by atoms with Gasteiger partial charge in [-0.05, 0) is 24.6 Å². The number of carbonyl (C=O) groups is 1. The number of aromatic nitrogens is 1. The Balaban J connectivity index is 2.79. The molecule has 0 spiro atoms. The van der Waals surface area contributed by atoms with Crippen LogP contribution in [0.5, 0.6) is 0 Å². The van der Waals surface area contributed by atoms with Crippen LogP contribution >= 0.6 is 11.6 Å². The highest BCUT2D eigenvalue weighted by atomic mass is 35.5. The third-order valence-electron chi connectivity index (χ3n) is 2.28. The number of aromatic carboxylic acids is 1. The Morgan fingerprint density at radius 2 is 2.12 bits per heavy atom. The lowest BCUT2D eigenvalue weighted by Crippen LogP contribution is -1.99. The average Bonchev–Trinajstić information content (AvgIpc) is 2.19. The maximum atomic E-state index is 13.2. The Kier molecular flexibility index (Phi) is 2.52. The van der Waals surface area contributed by atoms with Crippen LogP contribution in [0.3, 0.4) is 0 Å². The summed E-state index contributed by atoms with van der Waals surface area (Å²) in [6.45, 7) is 1.60. The van der Waals surface area contributed by atoms with Crippen molar-refractivity contribution in [3.8, 4) is 0 Å². The number of hydrogen-bond donors (Lipinski definition) is 1. The second-order valence-electron chi connectivity index (χ2n) is 3.43. The molecule has 1 N–H and O–H groups in total. The highest BCUT2D eigenvalue weighted by Gasteiger charge is 2.12. The number of hydrogen-bond acceptors (Lipinski definition) is 2. The molecule has 5 heteroatoms. The average molecular weight is 240 g/mol. The minimum atomic E-state index is -1.15. The van der Waals surface area contributed by atoms with Crippen molar-refractivity contribution < 1.29 is 14.3 Å². The van der Waals surface area contributed by atoms with Crippen LogP contribution in [0.15, 0.2) is 18.2 Å². The van der Waals surface area contributed by atoms with Gasteiger partial charge in [0, 0.05) is 11.5 Å². The summed E-state index contributed by atoms with van der Waals surface area (Å²) < 4.78 is 13.2. The predicted octanol–water partition coefficient (Wildman–Crippen LogP) is 3.03. The van der Waals surface area contributed by atoms with Crippen molar-refractivity contribution in [3.05, 3.63) is 40.3 Å². The molecule has 2 rings (SSSR count). The molecular formula is C11H7ClFNO2. The van der Waals surface area contributed by atoms with E-state index in [9.17, 15) is 9.18 Å². The number of nitrogens with zero attached hydrogens (tertiary/aromatic N) is 1. The van der Waals surface area contributed by atoms with E-state index in [1.165, 1.54) is 12.1 Å². The molecule has 0 fully saturated rings. The fraction of sp³-hybridized carbons (Fsp3) is 0.0909. The molecule has 3 nitrogen and oxygen atoms in total. The molecular weight excluding hydrogens is 233 g/mol. The third-order valence-corrected chi connectivity index (χ3v) is 2.57. The van der Waals surface area contributed by atoms with Crippen LogP contribution in [0.4, 0.5) is 4.39 Å². The standard InChI is InChI=1S/C11H7ClFNO2/c1-5-2-6-3-7(11(15)16)10(12)14-9(6)4-8(5)13/h2-4H,1H3,(H,15,16). The maximum absolute atomic E-state index is 13.2. The van der Waals surface area contributed by atoms with Crippen molar-refractivity contribution in [3.63, 3.8) is 0 Å². The summed E-state index contributed by atoms with van der Waals surface area (Å²) >= 11 is 5.68. The van der Waals surface area contributed by atoms with Gasteiger partial charge in [0.25, 0.3) is 0 Å². The van der Waals surface area contributed by atoms with Gasteiger partial charge < -0.3 is 5.11 Å². The first kappa shape index (κ1) is 10.8. The van der Waals surface area contributed by atoms with Crippen molar-refractivity contribution in [2.75, 3.05) is 0 Å². The summed E-state index contributed by atoms with van der Waals surface area (Å²) in [6.07, 6.45) is 0. The Hall–Kier alpha value is -1.68. The van der Waals surface area contributed by atoms with Crippen molar-refractivity contribution >= 4 is 28.5 Å². The van der Waals surface area contributed by atoms with E-state index in [4.69, 9.17) is 16.7 Å². The minimum absolute atomic E-state index is 0.0832. The van der Waals surface area contributed by atoms with Crippen LogP contribution in [-0.2, 0) is 0 Å². The third kappa shape index (κ3) is 1.72. The van der Waals surface area contributed by atoms with E-state index >= 15 is 0 Å². The SMILES string of the molecule is Cc1cc2cc(C(=O)O)c(Cl)nc2cc1F. The molecule has 0 saturated heterocycles. The summed E-state index contributed by atoms with van der Waals surface area (Å²) in [4.78, 5) is 14.7. The number of carboxylic acids is 1. The summed E-state index contributed by atoms with van der Waals surface area (Å²) in [5.41, 5.74) is 0.700. The fourth-order valence-electron chi connectivity index (χ4n) is 1.44. The van der Waals surface area contributed by atoms with Crippen LogP contribution in [0.25, 0.3) is 10.9 Å². The summed E-state index contributed by atoms with van der Waals surface area (Å²) in [6, 6.07) is 4.17. The lowest BCUT2D eigenvalue weighted by molar-refractivity contribution is 0.0697. The molecule has 16 heavy (non-hydrogen) atoms. The van der Waals surface area contributed by atoms with E-state index in [1.807, 2.05) is 0 Å². The molecule has 1 heterocycles. The number of fused-ring (bicyclic) bond motifs is 1. The van der Waals surface area contributed by atoms with Crippen LogP contribution in [0.2, 0.25) is 5.15 Å². The van der Waals surface area contributed by atoms with E-state index < -0.39 is 5.97 Å². The zero-order valence-corrected chi connectivity index (χ0v) is 9.05. The largest absolute Gasteiger partial charge is 0.478 e. The van der Waals surface area contributed by atoms with Gasteiger partial charge >= 0.3 is 5.97 Å². The van der Waals surface area contributed by atoms with Gasteiger partial charge in [-0.15, -0.1) is 0 Å². The van der Waals surface area contributed by atoms with Gasteiger partial charge in [-0.2, -0.15) is 0 Å². The topological polar surface area (TPSA) is 50.2 Å². The summed E-state index contributed by atoms with van der Waals surface area (Å²) in [5.74, 6) is -1.54. The zero-order valence-electron chi connectivity index (χ0n) is 8.29. The summed E-state index contributed by atoms with van der Waals surface area (Å²) in [7, 11) is 0. The van der Waals surface area contributed by atoms with Gasteiger partial charge in [0.05, 0.1) is 11.1 Å². The van der Waals surface area contributed by atoms with Crippen molar-refractivity contribution in [2.45, 2.75) is 6.92 Å². The van der Waals surface area contributed by atoms with Gasteiger partial charge in [-0.1, -0.05) is 11.6 Å². The van der Waals surface area contributed by atoms with E-state index in [-0.39, 0.29) is 16.5 Å². The molecule has 82 valence electrons. The zero-order chi connectivity index (χ0) is 11.9. The molecule has 0 radical (unpaired) electrons. The number of pyridine rings is 1. The van der Waals surface area contributed by atoms with E-state index in [0.717, 1.165) is 0 Å². The van der Waals surface area contributed by atoms with Crippen LogP contribution in [-0.4, -0.2) is 16.1 Å². The lowest BCUT2D eigenvalue weighted by atomic mass is 10.1. The highest BCUT2D eigenvalue weighted by Crippen LogP contribution is 2.23. The quantitative estimate of drug-likeness (QED) is 0.778. The van der Waals surface area contributed by atoms with Crippen LogP contribution < -0.4 is 0 Å². The normalized spacial score (nSPS) is 10.7. The monoisotopic (exact) mass is 239 g/mol. The van der Waals surface area contributed by atoms with Crippen molar-refractivity contribution in [1.29, 1.82) is 0 Å². The van der Waals surface area contributed by atoms with E-state index in [2.05, 4.69) is 4.98 Å². The number of benzene rings is 1. The van der Waals surface area contributed by atoms with E-state index in [1.54, 1.807) is 13.0 Å². The molecule has 1 aromatic heterocycles. The first-order chi connectivity index (χ1) is 7.49. The molecule has 0 amide bonds. The number of rotatable bonds is 1. The van der Waals surface area contributed by atoms with Gasteiger partial charge in [-0.3, -0.25) is 0 Å². The first-order valence-corrected chi connectivity index (χ1v) is 4.86. The first-order valence-electron chi connectivity index (χ1n) is 4.48. The van der Waals surface area contributed by atoms with Crippen molar-refractivity contribution in [1.82, 2.24) is 4.98 Å². The highest BCUT2D eigenvalue weighted by molar-refractivity contribution is 6.32. The molecule has 0 aliphatic carbocycles. The smallest absolute Gasteiger partial charge is 0.338 e. The molecule has 0 unspecified atom stereocenters. The van der Waals surface area contributed by atoms with Crippen LogP contribution in [0.1, 0.15) is 15.9 Å². The number of aryl methyl sites for hydroxylation is 1. The Bertz CT molecular complexity index is 598. The Morgan fingerprint density at radius 3 is 2.75 bits per heavy atom. The van der Waals surface area contributed by atoms with E-state index in [0.29, 0.717) is 16.5 Å². The van der Waals surface area contributed by atoms with Gasteiger partial charge in [0.15, 0.2) is 0 Å². The van der Waals surface area contributed by atoms with Crippen LogP contribution in [0, 0.1) is 12.7 Å². The molecule has 0 aliphatic heterocycles. The predicted molar refractivity (Wildman–Crippen MR) is 58.4 cm³/mol. The number of halogens is 2. The summed E-state index contributed by atoms with van der Waals surface area (Å²) in [5, 5.41) is 9.27. The second kappa shape index (κ2) is 3.72. The molecule has 0 atom stereocenters. The molecule has 0 bridgehead atoms. The Labute approximate surface area is 95.5 Å². The number of carboxylic acid groups (broad SMARTS) is 1. The molecule has 0 saturated carbocycles. The fourth-order valence-corrected chi connectivity index (χ4v) is 1.66. The maximum Gasteiger partial charge on any atom is 0.338 e. The Morgan fingerprint density at radius 1 is 1.44 bits per heavy atom. The van der Waals surface area contributed by atoms with Gasteiger partial charge in [0.2, 0.25) is 0 Å². The minimum Gasteiger partial charge on any atom is -0.478 e. The van der Waals surface area contributed by atoms with Crippen molar-refractivity contribution in [2.24, 2.45) is 0 Å². The second-order valence-corrected chi connectivity index (χ2v) is 3.78. The lowest BCUT2D eigenvalue weighted by Gasteiger charge is -2.04. The molecule has 0 aliphatic rings. The van der Waals surface area contributed by atoms with Gasteiger partial charge in [-0.25, -0.2) is 14.2 Å². The van der Waals surface area contributed by atoms with Gasteiger partial charge in [0.1, 0.15) is 11.0 Å².